The molecule has 0 radical (unpaired) electrons. The van der Waals surface area contributed by atoms with Gasteiger partial charge >= 0.3 is 25.8 Å². The van der Waals surface area contributed by atoms with Crippen molar-refractivity contribution in [2.45, 2.75) is 58.8 Å². The van der Waals surface area contributed by atoms with Gasteiger partial charge in [0.1, 0.15) is 0 Å². The third-order valence-electron chi connectivity index (χ3n) is 8.59. The quantitative estimate of drug-likeness (QED) is 0.104. The number of hydrogen-bond donors (Lipinski definition) is 0. The van der Waals surface area contributed by atoms with Crippen molar-refractivity contribution in [3.8, 4) is 44.5 Å². The minimum Gasteiger partial charge on any atom is -1.00 e. The van der Waals surface area contributed by atoms with E-state index in [1.807, 2.05) is 6.07 Å². The van der Waals surface area contributed by atoms with E-state index in [1.54, 1.807) is 0 Å². The van der Waals surface area contributed by atoms with Crippen LogP contribution in [0, 0.1) is 6.07 Å². The van der Waals surface area contributed by atoms with E-state index in [-0.39, 0.29) is 61.5 Å². The molecular weight excluding hydrogens is 802 g/mol. The Labute approximate surface area is 326 Å². The summed E-state index contributed by atoms with van der Waals surface area (Å²) in [7, 11) is 0. The summed E-state index contributed by atoms with van der Waals surface area (Å²) in [4.78, 5) is 0. The van der Waals surface area contributed by atoms with Gasteiger partial charge in [-0.1, -0.05) is 167 Å². The summed E-state index contributed by atoms with van der Waals surface area (Å²) in [5.74, 6) is 0. The third-order valence-corrected chi connectivity index (χ3v) is 8.59. The molecule has 0 fully saturated rings. The number of rotatable bonds is 3. The first-order chi connectivity index (χ1) is 22.1. The predicted molar refractivity (Wildman–Crippen MR) is 201 cm³/mol. The summed E-state index contributed by atoms with van der Waals surface area (Å²) in [5.41, 5.74) is 16.1. The molecule has 0 bridgehead atoms. The molecule has 0 saturated heterocycles. The minimum atomic E-state index is 0. The average Bonchev–Trinajstić information content (AvgIpc) is 3.73. The summed E-state index contributed by atoms with van der Waals surface area (Å²) in [6.45, 7) is 19.9. The van der Waals surface area contributed by atoms with Gasteiger partial charge in [-0.15, -0.1) is 42.0 Å². The average molecular weight is 848 g/mol. The van der Waals surface area contributed by atoms with E-state index >= 15 is 0 Å². The van der Waals surface area contributed by atoms with Gasteiger partial charge in [-0.05, 0) is 39.5 Å². The van der Waals surface area contributed by atoms with Crippen molar-refractivity contribution in [1.29, 1.82) is 0 Å². The van der Waals surface area contributed by atoms with Gasteiger partial charge in [0.15, 0.2) is 0 Å². The van der Waals surface area contributed by atoms with E-state index < -0.39 is 0 Å². The van der Waals surface area contributed by atoms with E-state index in [9.17, 15) is 0 Å². The second-order valence-electron chi connectivity index (χ2n) is 14.0. The number of fused-ring (bicyclic) bond motifs is 3. The molecular formula is C46H46Cl2Hf. The Morgan fingerprint density at radius 2 is 1.04 bits per heavy atom. The molecule has 49 heavy (non-hydrogen) atoms. The Bertz CT molecular complexity index is 1770. The third kappa shape index (κ3) is 9.66. The van der Waals surface area contributed by atoms with Crippen LogP contribution in [-0.2, 0) is 43.1 Å². The Balaban J connectivity index is 0.000000442. The number of halogens is 2. The Morgan fingerprint density at radius 3 is 1.53 bits per heavy atom. The van der Waals surface area contributed by atoms with E-state index in [0.29, 0.717) is 0 Å². The fourth-order valence-corrected chi connectivity index (χ4v) is 6.30. The van der Waals surface area contributed by atoms with Crippen LogP contribution in [0.3, 0.4) is 0 Å². The molecule has 0 aromatic heterocycles. The fourth-order valence-electron chi connectivity index (χ4n) is 6.30. The van der Waals surface area contributed by atoms with E-state index in [2.05, 4.69) is 188 Å². The van der Waals surface area contributed by atoms with Crippen molar-refractivity contribution in [3.05, 3.63) is 175 Å². The Morgan fingerprint density at radius 1 is 0.551 bits per heavy atom. The van der Waals surface area contributed by atoms with Crippen molar-refractivity contribution in [2.24, 2.45) is 0 Å². The molecule has 248 valence electrons. The second kappa shape index (κ2) is 18.0. The molecule has 0 amide bonds. The monoisotopic (exact) mass is 848 g/mol. The Kier molecular flexibility index (Phi) is 15.4. The van der Waals surface area contributed by atoms with Crippen LogP contribution in [0.25, 0.3) is 44.5 Å². The summed E-state index contributed by atoms with van der Waals surface area (Å²) in [6, 6.07) is 51.6. The zero-order chi connectivity index (χ0) is 32.9. The van der Waals surface area contributed by atoms with Crippen LogP contribution >= 0.6 is 0 Å². The van der Waals surface area contributed by atoms with Gasteiger partial charge in [0.25, 0.3) is 0 Å². The van der Waals surface area contributed by atoms with Crippen LogP contribution < -0.4 is 24.8 Å². The van der Waals surface area contributed by atoms with Crippen molar-refractivity contribution in [1.82, 2.24) is 0 Å². The normalized spacial score (nSPS) is 11.1. The molecule has 0 spiro atoms. The van der Waals surface area contributed by atoms with Gasteiger partial charge in [-0.3, -0.25) is 0 Å². The van der Waals surface area contributed by atoms with Crippen LogP contribution in [0.1, 0.15) is 63.8 Å². The summed E-state index contributed by atoms with van der Waals surface area (Å²) in [6.07, 6.45) is 0.944. The van der Waals surface area contributed by atoms with Crippen LogP contribution in [0.15, 0.2) is 147 Å². The zero-order valence-electron chi connectivity index (χ0n) is 29.6. The van der Waals surface area contributed by atoms with Crippen molar-refractivity contribution in [2.75, 3.05) is 0 Å². The predicted octanol–water partition coefficient (Wildman–Crippen LogP) is 6.87. The maximum absolute atomic E-state index is 3.88. The second-order valence-corrected chi connectivity index (χ2v) is 14.0. The Hall–Kier alpha value is -3.36. The molecule has 0 N–H and O–H groups in total. The number of benzene rings is 5. The van der Waals surface area contributed by atoms with Crippen molar-refractivity contribution < 1.29 is 50.7 Å². The van der Waals surface area contributed by atoms with Crippen LogP contribution in [0.2, 0.25) is 0 Å². The standard InChI is InChI=1S/C33H33.C11H9.C2H4.2ClH.Hf/c1-32(2,3)30-20-26-24(18-28(30)22-13-9-7-10-14-22)17-25-19-29(23-15-11-8-12-16-23)31(21-27(25)26)33(4,5)6;1-2-6-10(7-3-1)11-8-4-5-9-11;1-2;;;/h7-16,18,20-21H,17H2,1-6H3;1-9H;1-2H2;2*1H;/q2*-1;;;;+4/p-2. The van der Waals surface area contributed by atoms with Crippen LogP contribution in [0.4, 0.5) is 0 Å². The maximum Gasteiger partial charge on any atom is 4.00 e. The van der Waals surface area contributed by atoms with E-state index in [1.165, 1.54) is 66.8 Å². The largest absolute Gasteiger partial charge is 4.00 e. The molecule has 3 heteroatoms. The van der Waals surface area contributed by atoms with Gasteiger partial charge in [-0.25, -0.2) is 6.07 Å². The topological polar surface area (TPSA) is 0 Å². The van der Waals surface area contributed by atoms with Gasteiger partial charge < -0.3 is 24.8 Å². The molecule has 1 aliphatic carbocycles. The summed E-state index contributed by atoms with van der Waals surface area (Å²) in [5, 5.41) is 0. The molecule has 0 aliphatic heterocycles. The molecule has 6 aromatic rings. The number of hydrogen-bond acceptors (Lipinski definition) is 0. The molecule has 6 aromatic carbocycles. The van der Waals surface area contributed by atoms with Crippen LogP contribution in [0.5, 0.6) is 0 Å². The maximum atomic E-state index is 3.88. The van der Waals surface area contributed by atoms with E-state index in [4.69, 9.17) is 0 Å². The smallest absolute Gasteiger partial charge is 1.00 e. The SMILES string of the molecule is C=C.CC(C)(C)c1cc2c([c-]c1-c1ccccc1)Cc1cc(-c3ccccc3)c(C(C)(C)C)cc1-2.[Cl-].[Cl-].[Hf+4].c1ccc(-c2cc[cH-]c2)cc1. The molecule has 1 aliphatic rings. The van der Waals surface area contributed by atoms with Gasteiger partial charge in [0.2, 0.25) is 0 Å². The molecule has 0 saturated carbocycles. The molecule has 0 unspecified atom stereocenters. The molecule has 0 heterocycles. The first-order valence-corrected chi connectivity index (χ1v) is 16.2. The molecule has 7 rings (SSSR count). The van der Waals surface area contributed by atoms with Crippen LogP contribution in [-0.4, -0.2) is 0 Å². The summed E-state index contributed by atoms with van der Waals surface area (Å²) >= 11 is 0. The van der Waals surface area contributed by atoms with E-state index in [0.717, 1.165) is 6.42 Å². The minimum absolute atomic E-state index is 0. The molecule has 0 atom stereocenters. The zero-order valence-corrected chi connectivity index (χ0v) is 34.7. The van der Waals surface area contributed by atoms with Crippen molar-refractivity contribution >= 4 is 0 Å². The first-order valence-electron chi connectivity index (χ1n) is 16.2. The molecule has 0 nitrogen and oxygen atoms in total. The summed E-state index contributed by atoms with van der Waals surface area (Å²) < 4.78 is 0. The fraction of sp³-hybridized carbons (Fsp3) is 0.196. The van der Waals surface area contributed by atoms with Gasteiger partial charge in [0.05, 0.1) is 0 Å². The van der Waals surface area contributed by atoms with Gasteiger partial charge in [0, 0.05) is 0 Å². The van der Waals surface area contributed by atoms with Crippen molar-refractivity contribution in [3.63, 3.8) is 0 Å². The first kappa shape index (κ1) is 41.8. The van der Waals surface area contributed by atoms with Gasteiger partial charge in [-0.2, -0.15) is 23.8 Å².